The second-order valence-electron chi connectivity index (χ2n) is 6.94. The molecule has 2 saturated carbocycles. The van der Waals surface area contributed by atoms with Crippen molar-refractivity contribution in [3.05, 3.63) is 0 Å². The number of rotatable bonds is 1. The molecular weight excluding hydrogens is 256 g/mol. The van der Waals surface area contributed by atoms with E-state index in [4.69, 9.17) is 10.5 Å². The van der Waals surface area contributed by atoms with Crippen LogP contribution in [0.15, 0.2) is 0 Å². The highest BCUT2D eigenvalue weighted by atomic mass is 16.5. The molecule has 110 valence electrons. The number of likely N-dealkylation sites (tertiary alicyclic amines) is 1. The first-order valence-corrected chi connectivity index (χ1v) is 7.88. The van der Waals surface area contributed by atoms with Crippen molar-refractivity contribution in [1.82, 2.24) is 4.90 Å². The van der Waals surface area contributed by atoms with Crippen molar-refractivity contribution >= 4 is 11.8 Å². The van der Waals surface area contributed by atoms with Gasteiger partial charge < -0.3 is 10.5 Å². The maximum atomic E-state index is 12.8. The van der Waals surface area contributed by atoms with Gasteiger partial charge in [-0.25, -0.2) is 0 Å². The molecule has 4 aliphatic rings. The van der Waals surface area contributed by atoms with Crippen molar-refractivity contribution < 1.29 is 14.3 Å². The molecule has 0 aromatic rings. The third-order valence-electron chi connectivity index (χ3n) is 5.93. The molecule has 0 radical (unpaired) electrons. The van der Waals surface area contributed by atoms with E-state index in [9.17, 15) is 9.59 Å². The molecule has 2 N–H and O–H groups in total. The maximum absolute atomic E-state index is 12.8. The second kappa shape index (κ2) is 4.28. The molecule has 2 aliphatic heterocycles. The van der Waals surface area contributed by atoms with Crippen LogP contribution in [0.2, 0.25) is 0 Å². The van der Waals surface area contributed by atoms with E-state index < -0.39 is 5.41 Å². The molecule has 2 heterocycles. The molecule has 0 aromatic heterocycles. The predicted molar refractivity (Wildman–Crippen MR) is 71.6 cm³/mol. The number of ether oxygens (including phenoxy) is 1. The Kier molecular flexibility index (Phi) is 2.73. The number of nitrogens with zero attached hydrogens (tertiary/aromatic N) is 1. The van der Waals surface area contributed by atoms with Crippen molar-refractivity contribution in [3.8, 4) is 0 Å². The minimum atomic E-state index is -0.392. The minimum absolute atomic E-state index is 0.0109. The van der Waals surface area contributed by atoms with E-state index in [0.717, 1.165) is 45.1 Å². The van der Waals surface area contributed by atoms with Crippen molar-refractivity contribution in [2.75, 3.05) is 6.61 Å². The summed E-state index contributed by atoms with van der Waals surface area (Å²) in [4.78, 5) is 26.7. The summed E-state index contributed by atoms with van der Waals surface area (Å²) >= 11 is 0. The highest BCUT2D eigenvalue weighted by molar-refractivity contribution is 6.06. The first-order chi connectivity index (χ1) is 9.64. The fourth-order valence-corrected chi connectivity index (χ4v) is 4.80. The van der Waals surface area contributed by atoms with Gasteiger partial charge >= 0.3 is 0 Å². The van der Waals surface area contributed by atoms with Gasteiger partial charge in [0.2, 0.25) is 11.8 Å². The summed E-state index contributed by atoms with van der Waals surface area (Å²) in [5.74, 6) is 0.340. The van der Waals surface area contributed by atoms with Crippen LogP contribution < -0.4 is 5.73 Å². The predicted octanol–water partition coefficient (Wildman–Crippen LogP) is 0.810. The van der Waals surface area contributed by atoms with Crippen LogP contribution in [-0.2, 0) is 14.3 Å². The molecule has 0 aromatic carbocycles. The molecule has 4 atom stereocenters. The van der Waals surface area contributed by atoms with Crippen LogP contribution in [0, 0.1) is 11.3 Å². The minimum Gasteiger partial charge on any atom is -0.376 e. The van der Waals surface area contributed by atoms with Crippen molar-refractivity contribution in [1.29, 1.82) is 0 Å². The zero-order valence-electron chi connectivity index (χ0n) is 11.7. The second-order valence-corrected chi connectivity index (χ2v) is 6.94. The Bertz CT molecular complexity index is 458. The van der Waals surface area contributed by atoms with Crippen molar-refractivity contribution in [2.45, 2.75) is 63.1 Å². The van der Waals surface area contributed by atoms with E-state index in [1.165, 1.54) is 4.90 Å². The van der Waals surface area contributed by atoms with E-state index in [1.807, 2.05) is 0 Å². The summed E-state index contributed by atoms with van der Waals surface area (Å²) in [6.45, 7) is 0.728. The number of hydrogen-bond acceptors (Lipinski definition) is 4. The Morgan fingerprint density at radius 3 is 2.70 bits per heavy atom. The molecule has 1 spiro atoms. The van der Waals surface area contributed by atoms with Gasteiger partial charge in [-0.15, -0.1) is 0 Å². The largest absolute Gasteiger partial charge is 0.376 e. The maximum Gasteiger partial charge on any atom is 0.236 e. The summed E-state index contributed by atoms with van der Waals surface area (Å²) < 4.78 is 5.79. The molecule has 2 aliphatic carbocycles. The summed E-state index contributed by atoms with van der Waals surface area (Å²) in [6, 6.07) is -0.301. The van der Waals surface area contributed by atoms with Crippen LogP contribution in [-0.4, -0.2) is 41.5 Å². The van der Waals surface area contributed by atoms with Gasteiger partial charge in [-0.2, -0.15) is 0 Å². The van der Waals surface area contributed by atoms with E-state index >= 15 is 0 Å². The Morgan fingerprint density at radius 2 is 1.95 bits per heavy atom. The van der Waals surface area contributed by atoms with Gasteiger partial charge in [-0.3, -0.25) is 14.5 Å². The van der Waals surface area contributed by atoms with Gasteiger partial charge in [0.1, 0.15) is 0 Å². The van der Waals surface area contributed by atoms with Crippen LogP contribution in [0.25, 0.3) is 0 Å². The van der Waals surface area contributed by atoms with E-state index in [-0.39, 0.29) is 30.0 Å². The Morgan fingerprint density at radius 1 is 1.20 bits per heavy atom. The Labute approximate surface area is 118 Å². The standard InChI is InChI=1S/C15H22N2O3/c16-11-9-4-3-7-20-13(9)12(11)17-10(18)8-15(14(17)19)5-1-2-6-15/h9,11-13H,1-8,16H2. The molecule has 4 rings (SSSR count). The fourth-order valence-electron chi connectivity index (χ4n) is 4.80. The third-order valence-corrected chi connectivity index (χ3v) is 5.93. The number of hydrogen-bond donors (Lipinski definition) is 1. The molecule has 5 heteroatoms. The van der Waals surface area contributed by atoms with Gasteiger partial charge in [-0.1, -0.05) is 12.8 Å². The summed E-state index contributed by atoms with van der Waals surface area (Å²) in [5, 5.41) is 0. The average Bonchev–Trinajstić information content (AvgIpc) is 3.00. The molecular formula is C15H22N2O3. The van der Waals surface area contributed by atoms with Crippen LogP contribution in [0.5, 0.6) is 0 Å². The first-order valence-electron chi connectivity index (χ1n) is 7.88. The van der Waals surface area contributed by atoms with Crippen LogP contribution in [0.1, 0.15) is 44.9 Å². The van der Waals surface area contributed by atoms with Gasteiger partial charge in [0, 0.05) is 25.0 Å². The lowest BCUT2D eigenvalue weighted by atomic mass is 9.68. The van der Waals surface area contributed by atoms with Crippen LogP contribution in [0.4, 0.5) is 0 Å². The molecule has 4 fully saturated rings. The SMILES string of the molecule is NC1C2CCCOC2C1N1C(=O)CC2(CCCC2)C1=O. The number of nitrogens with two attached hydrogens (primary N) is 1. The van der Waals surface area contributed by atoms with Gasteiger partial charge in [0.05, 0.1) is 17.6 Å². The lowest BCUT2D eigenvalue weighted by Crippen LogP contribution is -2.73. The van der Waals surface area contributed by atoms with Crippen LogP contribution >= 0.6 is 0 Å². The average molecular weight is 278 g/mol. The van der Waals surface area contributed by atoms with E-state index in [2.05, 4.69) is 0 Å². The number of fused-ring (bicyclic) bond motifs is 1. The third kappa shape index (κ3) is 1.51. The Balaban J connectivity index is 1.59. The topological polar surface area (TPSA) is 72.6 Å². The number of carbonyl (C=O) groups excluding carboxylic acids is 2. The number of carbonyl (C=O) groups is 2. The molecule has 20 heavy (non-hydrogen) atoms. The van der Waals surface area contributed by atoms with E-state index in [0.29, 0.717) is 12.3 Å². The first kappa shape index (κ1) is 12.8. The highest BCUT2D eigenvalue weighted by Gasteiger charge is 2.62. The molecule has 2 saturated heterocycles. The summed E-state index contributed by atoms with van der Waals surface area (Å²) in [7, 11) is 0. The van der Waals surface area contributed by atoms with Crippen molar-refractivity contribution in [3.63, 3.8) is 0 Å². The van der Waals surface area contributed by atoms with Gasteiger partial charge in [0.25, 0.3) is 0 Å². The van der Waals surface area contributed by atoms with Gasteiger partial charge in [-0.05, 0) is 25.7 Å². The monoisotopic (exact) mass is 278 g/mol. The number of imide groups is 1. The molecule has 4 unspecified atom stereocenters. The zero-order chi connectivity index (χ0) is 13.9. The van der Waals surface area contributed by atoms with Crippen LogP contribution in [0.3, 0.4) is 0 Å². The number of amides is 2. The Hall–Kier alpha value is -0.940. The smallest absolute Gasteiger partial charge is 0.236 e. The summed E-state index contributed by atoms with van der Waals surface area (Å²) in [5.41, 5.74) is 5.85. The van der Waals surface area contributed by atoms with Gasteiger partial charge in [0.15, 0.2) is 0 Å². The lowest BCUT2D eigenvalue weighted by Gasteiger charge is -2.54. The van der Waals surface area contributed by atoms with Crippen molar-refractivity contribution in [2.24, 2.45) is 17.1 Å². The highest BCUT2D eigenvalue weighted by Crippen LogP contribution is 2.50. The lowest BCUT2D eigenvalue weighted by molar-refractivity contribution is -0.174. The van der Waals surface area contributed by atoms with E-state index in [1.54, 1.807) is 0 Å². The fraction of sp³-hybridized carbons (Fsp3) is 0.867. The molecule has 2 amide bonds. The zero-order valence-corrected chi connectivity index (χ0v) is 11.7. The normalized spacial score (nSPS) is 43.0. The molecule has 5 nitrogen and oxygen atoms in total. The quantitative estimate of drug-likeness (QED) is 0.720. The summed E-state index contributed by atoms with van der Waals surface area (Å²) in [6.07, 6.45) is 6.33. The molecule has 0 bridgehead atoms.